The number of likely N-dealkylation sites (tertiary alicyclic amines) is 1. The van der Waals surface area contributed by atoms with E-state index >= 15 is 0 Å². The first-order valence-electron chi connectivity index (χ1n) is 11.1. The lowest BCUT2D eigenvalue weighted by Gasteiger charge is -2.28. The molecule has 1 amide bonds. The lowest BCUT2D eigenvalue weighted by atomic mass is 9.93. The van der Waals surface area contributed by atoms with E-state index < -0.39 is 5.60 Å². The molecular weight excluding hydrogens is 491 g/mol. The number of aliphatic imine (C=N–C) groups is 1. The number of nitrogens with zero attached hydrogens (tertiary/aromatic N) is 2. The second kappa shape index (κ2) is 13.9. The monoisotopic (exact) mass is 530 g/mol. The van der Waals surface area contributed by atoms with Crippen LogP contribution >= 0.6 is 24.0 Å². The number of rotatable bonds is 11. The average molecular weight is 530 g/mol. The second-order valence-electron chi connectivity index (χ2n) is 7.96. The maximum Gasteiger partial charge on any atom is 0.222 e. The topological polar surface area (TPSA) is 77.0 Å². The van der Waals surface area contributed by atoms with Gasteiger partial charge in [-0.1, -0.05) is 51.0 Å². The van der Waals surface area contributed by atoms with Crippen LogP contribution in [0.25, 0.3) is 0 Å². The van der Waals surface area contributed by atoms with Crippen molar-refractivity contribution in [2.75, 3.05) is 19.6 Å². The molecule has 0 unspecified atom stereocenters. The van der Waals surface area contributed by atoms with Crippen molar-refractivity contribution in [3.63, 3.8) is 0 Å². The van der Waals surface area contributed by atoms with E-state index in [0.717, 1.165) is 56.3 Å². The molecule has 1 aliphatic heterocycles. The predicted molar refractivity (Wildman–Crippen MR) is 134 cm³/mol. The normalized spacial score (nSPS) is 14.6. The Kier molecular flexibility index (Phi) is 12.3. The quantitative estimate of drug-likeness (QED) is 0.231. The molecule has 0 atom stereocenters. The van der Waals surface area contributed by atoms with Crippen molar-refractivity contribution in [3.8, 4) is 0 Å². The molecule has 0 spiro atoms. The fourth-order valence-corrected chi connectivity index (χ4v) is 3.93. The number of benzene rings is 1. The minimum Gasteiger partial charge on any atom is -0.388 e. The molecule has 1 aromatic rings. The van der Waals surface area contributed by atoms with Gasteiger partial charge in [-0.15, -0.1) is 24.0 Å². The highest BCUT2D eigenvalue weighted by Gasteiger charge is 2.25. The van der Waals surface area contributed by atoms with Crippen molar-refractivity contribution in [1.82, 2.24) is 15.5 Å². The maximum absolute atomic E-state index is 12.0. The van der Waals surface area contributed by atoms with Crippen LogP contribution in [-0.2, 0) is 17.9 Å². The Bertz CT molecular complexity index is 675. The van der Waals surface area contributed by atoms with E-state index in [4.69, 9.17) is 4.99 Å². The molecule has 1 aromatic carbocycles. The molecule has 3 N–H and O–H groups in total. The van der Waals surface area contributed by atoms with Gasteiger partial charge >= 0.3 is 0 Å². The van der Waals surface area contributed by atoms with Crippen molar-refractivity contribution in [2.45, 2.75) is 78.0 Å². The molecule has 7 heteroatoms. The van der Waals surface area contributed by atoms with Crippen LogP contribution in [0, 0.1) is 0 Å². The first-order valence-corrected chi connectivity index (χ1v) is 11.1. The van der Waals surface area contributed by atoms with Crippen LogP contribution < -0.4 is 10.6 Å². The summed E-state index contributed by atoms with van der Waals surface area (Å²) >= 11 is 0. The van der Waals surface area contributed by atoms with Crippen molar-refractivity contribution in [3.05, 3.63) is 35.4 Å². The van der Waals surface area contributed by atoms with Crippen molar-refractivity contribution < 1.29 is 9.90 Å². The number of guanidine groups is 1. The zero-order valence-electron chi connectivity index (χ0n) is 18.7. The minimum atomic E-state index is -0.701. The zero-order chi connectivity index (χ0) is 21.1. The molecular formula is C23H39IN4O2. The van der Waals surface area contributed by atoms with Crippen molar-refractivity contribution in [1.29, 1.82) is 0 Å². The summed E-state index contributed by atoms with van der Waals surface area (Å²) in [5.74, 6) is 0.953. The number of nitrogens with one attached hydrogen (secondary N) is 2. The Balaban J connectivity index is 0.00000450. The molecule has 0 aliphatic carbocycles. The molecule has 30 heavy (non-hydrogen) atoms. The van der Waals surface area contributed by atoms with Gasteiger partial charge in [-0.3, -0.25) is 4.79 Å². The van der Waals surface area contributed by atoms with E-state index in [0.29, 0.717) is 32.0 Å². The highest BCUT2D eigenvalue weighted by molar-refractivity contribution is 14.0. The highest BCUT2D eigenvalue weighted by atomic mass is 127. The number of hydrogen-bond donors (Lipinski definition) is 3. The van der Waals surface area contributed by atoms with Crippen molar-refractivity contribution in [2.24, 2.45) is 4.99 Å². The lowest BCUT2D eigenvalue weighted by molar-refractivity contribution is -0.128. The molecule has 0 aromatic heterocycles. The van der Waals surface area contributed by atoms with Crippen LogP contribution in [0.2, 0.25) is 0 Å². The average Bonchev–Trinajstić information content (AvgIpc) is 3.10. The number of amides is 1. The van der Waals surface area contributed by atoms with Crippen LogP contribution in [0.1, 0.15) is 70.4 Å². The molecule has 1 heterocycles. The van der Waals surface area contributed by atoms with Gasteiger partial charge in [0.2, 0.25) is 5.91 Å². The molecule has 0 saturated carbocycles. The number of carbonyl (C=O) groups excluding carboxylic acids is 1. The number of aliphatic hydroxyl groups is 1. The van der Waals surface area contributed by atoms with Gasteiger partial charge in [0.15, 0.2) is 5.96 Å². The molecule has 6 nitrogen and oxygen atoms in total. The summed E-state index contributed by atoms with van der Waals surface area (Å²) in [6.07, 6.45) is 5.07. The Morgan fingerprint density at radius 2 is 1.80 bits per heavy atom. The van der Waals surface area contributed by atoms with Crippen LogP contribution in [0.4, 0.5) is 0 Å². The largest absolute Gasteiger partial charge is 0.388 e. The predicted octanol–water partition coefficient (Wildman–Crippen LogP) is 3.81. The minimum absolute atomic E-state index is 0. The third kappa shape index (κ3) is 8.41. The van der Waals surface area contributed by atoms with Crippen LogP contribution in [0.5, 0.6) is 0 Å². The van der Waals surface area contributed by atoms with Gasteiger partial charge in [0.25, 0.3) is 0 Å². The van der Waals surface area contributed by atoms with Gasteiger partial charge in [0.05, 0.1) is 12.1 Å². The molecule has 2 rings (SSSR count). The van der Waals surface area contributed by atoms with Gasteiger partial charge in [-0.05, 0) is 37.3 Å². The molecule has 1 aliphatic rings. The third-order valence-electron chi connectivity index (χ3n) is 5.42. The van der Waals surface area contributed by atoms with E-state index in [1.165, 1.54) is 0 Å². The third-order valence-corrected chi connectivity index (χ3v) is 5.42. The van der Waals surface area contributed by atoms with E-state index in [1.54, 1.807) is 0 Å². The summed E-state index contributed by atoms with van der Waals surface area (Å²) in [7, 11) is 0. The van der Waals surface area contributed by atoms with Gasteiger partial charge < -0.3 is 20.6 Å². The lowest BCUT2D eigenvalue weighted by Crippen LogP contribution is -2.47. The summed E-state index contributed by atoms with van der Waals surface area (Å²) in [5.41, 5.74) is 1.57. The summed E-state index contributed by atoms with van der Waals surface area (Å²) in [6.45, 7) is 9.52. The van der Waals surface area contributed by atoms with Gasteiger partial charge in [0.1, 0.15) is 0 Å². The van der Waals surface area contributed by atoms with Gasteiger partial charge in [-0.25, -0.2) is 4.99 Å². The molecule has 0 bridgehead atoms. The molecule has 0 radical (unpaired) electrons. The first kappa shape index (κ1) is 26.7. The van der Waals surface area contributed by atoms with E-state index in [2.05, 4.69) is 36.6 Å². The number of hydrogen-bond acceptors (Lipinski definition) is 3. The Labute approximate surface area is 198 Å². The SMILES string of the molecule is CCCC(O)(CCC)CNC(=NCc1ccccc1CN1CCCC1=O)NCC.I. The van der Waals surface area contributed by atoms with E-state index in [1.807, 2.05) is 24.0 Å². The number of halogens is 1. The Morgan fingerprint density at radius 3 is 2.37 bits per heavy atom. The maximum atomic E-state index is 12.0. The summed E-state index contributed by atoms with van der Waals surface area (Å²) < 4.78 is 0. The van der Waals surface area contributed by atoms with Crippen LogP contribution in [0.3, 0.4) is 0 Å². The second-order valence-corrected chi connectivity index (χ2v) is 7.96. The van der Waals surface area contributed by atoms with Gasteiger partial charge in [-0.2, -0.15) is 0 Å². The molecule has 1 fully saturated rings. The van der Waals surface area contributed by atoms with Gasteiger partial charge in [0, 0.05) is 32.6 Å². The fraction of sp³-hybridized carbons (Fsp3) is 0.652. The highest BCUT2D eigenvalue weighted by Crippen LogP contribution is 2.19. The number of carbonyl (C=O) groups is 1. The summed E-state index contributed by atoms with van der Waals surface area (Å²) in [4.78, 5) is 18.7. The molecule has 1 saturated heterocycles. The van der Waals surface area contributed by atoms with Crippen molar-refractivity contribution >= 4 is 35.8 Å². The molecule has 170 valence electrons. The van der Waals surface area contributed by atoms with E-state index in [9.17, 15) is 9.90 Å². The zero-order valence-corrected chi connectivity index (χ0v) is 21.1. The standard InChI is InChI=1S/C23H38N4O2.HI/c1-4-13-23(29,14-5-2)18-26-22(24-6-3)25-16-19-10-7-8-11-20(19)17-27-15-9-12-21(27)28;/h7-8,10-11,29H,4-6,9,12-18H2,1-3H3,(H2,24,25,26);1H. The van der Waals surface area contributed by atoms with Crippen LogP contribution in [-0.4, -0.2) is 47.1 Å². The summed E-state index contributed by atoms with van der Waals surface area (Å²) in [6, 6.07) is 8.19. The summed E-state index contributed by atoms with van der Waals surface area (Å²) in [5, 5.41) is 17.5. The fourth-order valence-electron chi connectivity index (χ4n) is 3.93. The van der Waals surface area contributed by atoms with Crippen LogP contribution in [0.15, 0.2) is 29.3 Å². The Hall–Kier alpha value is -1.35. The smallest absolute Gasteiger partial charge is 0.222 e. The van der Waals surface area contributed by atoms with E-state index in [-0.39, 0.29) is 29.9 Å². The first-order chi connectivity index (χ1) is 14.0. The Morgan fingerprint density at radius 1 is 1.13 bits per heavy atom.